The Balaban J connectivity index is 1.55. The summed E-state index contributed by atoms with van der Waals surface area (Å²) in [6, 6.07) is 11.7. The van der Waals surface area contributed by atoms with Crippen molar-refractivity contribution in [1.29, 1.82) is 0 Å². The Morgan fingerprint density at radius 2 is 1.76 bits per heavy atom. The van der Waals surface area contributed by atoms with Crippen molar-refractivity contribution >= 4 is 23.4 Å². The molecule has 8 nitrogen and oxygen atoms in total. The molecule has 1 heterocycles. The fourth-order valence-corrected chi connectivity index (χ4v) is 3.26. The van der Waals surface area contributed by atoms with Gasteiger partial charge in [-0.25, -0.2) is 0 Å². The summed E-state index contributed by atoms with van der Waals surface area (Å²) in [5.41, 5.74) is 2.31. The van der Waals surface area contributed by atoms with E-state index in [0.29, 0.717) is 23.5 Å². The van der Waals surface area contributed by atoms with Gasteiger partial charge in [-0.2, -0.15) is 0 Å². The topological polar surface area (TPSA) is 97.0 Å². The first-order valence-electron chi connectivity index (χ1n) is 9.12. The number of para-hydroxylation sites is 1. The number of rotatable bonds is 6. The zero-order valence-electron chi connectivity index (χ0n) is 16.5. The number of amides is 3. The lowest BCUT2D eigenvalue weighted by Crippen LogP contribution is -2.44. The molecule has 0 aliphatic carbocycles. The minimum absolute atomic E-state index is 0.261. The number of carbonyl (C=O) groups is 3. The fraction of sp³-hybridized carbons (Fsp3) is 0.286. The van der Waals surface area contributed by atoms with Gasteiger partial charge in [-0.05, 0) is 30.2 Å². The minimum Gasteiger partial charge on any atom is -0.493 e. The van der Waals surface area contributed by atoms with Crippen LogP contribution in [-0.2, 0) is 20.8 Å². The molecule has 2 aromatic rings. The molecule has 2 aromatic carbocycles. The van der Waals surface area contributed by atoms with E-state index in [-0.39, 0.29) is 12.5 Å². The number of hydrogen-bond acceptors (Lipinski definition) is 5. The molecule has 152 valence electrons. The maximum absolute atomic E-state index is 12.4. The summed E-state index contributed by atoms with van der Waals surface area (Å²) < 4.78 is 10.4. The molecule has 0 radical (unpaired) electrons. The molecule has 8 heteroatoms. The number of likely N-dealkylation sites (N-methyl/N-ethyl adjacent to an activating group) is 1. The van der Waals surface area contributed by atoms with Gasteiger partial charge in [0.25, 0.3) is 5.91 Å². The van der Waals surface area contributed by atoms with Crippen LogP contribution in [0, 0.1) is 0 Å². The van der Waals surface area contributed by atoms with Crippen molar-refractivity contribution in [3.63, 3.8) is 0 Å². The summed E-state index contributed by atoms with van der Waals surface area (Å²) in [6.45, 7) is 0.261. The number of nitrogens with zero attached hydrogens (tertiary/aromatic N) is 1. The molecule has 1 aliphatic rings. The first kappa shape index (κ1) is 20.2. The zero-order valence-corrected chi connectivity index (χ0v) is 16.5. The number of methoxy groups -OCH3 is 2. The van der Waals surface area contributed by atoms with Gasteiger partial charge in [-0.15, -0.1) is 0 Å². The van der Waals surface area contributed by atoms with Crippen molar-refractivity contribution < 1.29 is 23.9 Å². The highest BCUT2D eigenvalue weighted by Crippen LogP contribution is 2.34. The van der Waals surface area contributed by atoms with Crippen LogP contribution in [0.3, 0.4) is 0 Å². The van der Waals surface area contributed by atoms with Gasteiger partial charge in [0.15, 0.2) is 11.5 Å². The van der Waals surface area contributed by atoms with Crippen LogP contribution >= 0.6 is 0 Å². The highest BCUT2D eigenvalue weighted by atomic mass is 16.5. The van der Waals surface area contributed by atoms with Gasteiger partial charge in [0.2, 0.25) is 0 Å². The van der Waals surface area contributed by atoms with E-state index in [0.717, 1.165) is 11.3 Å². The summed E-state index contributed by atoms with van der Waals surface area (Å²) in [5, 5.41) is 5.09. The predicted octanol–water partition coefficient (Wildman–Crippen LogP) is 1.20. The first-order chi connectivity index (χ1) is 14.0. The molecule has 3 amide bonds. The molecular weight excluding hydrogens is 374 g/mol. The Hall–Kier alpha value is -3.55. The van der Waals surface area contributed by atoms with Crippen molar-refractivity contribution in [1.82, 2.24) is 10.6 Å². The molecule has 0 saturated carbocycles. The van der Waals surface area contributed by atoms with E-state index in [2.05, 4.69) is 10.6 Å². The van der Waals surface area contributed by atoms with Gasteiger partial charge in [-0.1, -0.05) is 24.3 Å². The third-order valence-electron chi connectivity index (χ3n) is 4.82. The Bertz CT molecular complexity index is 944. The third kappa shape index (κ3) is 4.16. The van der Waals surface area contributed by atoms with Gasteiger partial charge in [-0.3, -0.25) is 14.4 Å². The van der Waals surface area contributed by atoms with Crippen LogP contribution in [-0.4, -0.2) is 45.5 Å². The van der Waals surface area contributed by atoms with E-state index >= 15 is 0 Å². The summed E-state index contributed by atoms with van der Waals surface area (Å²) in [6.07, 6.45) is 0.507. The lowest BCUT2D eigenvalue weighted by atomic mass is 10.1. The molecule has 0 bridgehead atoms. The van der Waals surface area contributed by atoms with E-state index in [1.807, 2.05) is 18.2 Å². The third-order valence-corrected chi connectivity index (χ3v) is 4.82. The summed E-state index contributed by atoms with van der Waals surface area (Å²) in [5.74, 6) is -0.702. The Morgan fingerprint density at radius 1 is 1.03 bits per heavy atom. The average molecular weight is 397 g/mol. The zero-order chi connectivity index (χ0) is 21.0. The van der Waals surface area contributed by atoms with E-state index in [1.165, 1.54) is 4.90 Å². The molecule has 1 aliphatic heterocycles. The summed E-state index contributed by atoms with van der Waals surface area (Å²) in [4.78, 5) is 38.3. The molecule has 1 atom stereocenters. The largest absolute Gasteiger partial charge is 0.493 e. The highest BCUT2D eigenvalue weighted by molar-refractivity contribution is 6.35. The number of fused-ring (bicyclic) bond motifs is 1. The lowest BCUT2D eigenvalue weighted by molar-refractivity contribution is -0.140. The Morgan fingerprint density at radius 3 is 2.48 bits per heavy atom. The molecule has 29 heavy (non-hydrogen) atoms. The molecule has 0 fully saturated rings. The average Bonchev–Trinajstić information content (AvgIpc) is 2.98. The number of hydrogen-bond donors (Lipinski definition) is 2. The van der Waals surface area contributed by atoms with Gasteiger partial charge in [0.05, 0.1) is 14.2 Å². The van der Waals surface area contributed by atoms with Crippen LogP contribution in [0.25, 0.3) is 0 Å². The van der Waals surface area contributed by atoms with Crippen LogP contribution in [0.1, 0.15) is 17.2 Å². The summed E-state index contributed by atoms with van der Waals surface area (Å²) >= 11 is 0. The van der Waals surface area contributed by atoms with Gasteiger partial charge >= 0.3 is 11.8 Å². The molecule has 3 rings (SSSR count). The first-order valence-corrected chi connectivity index (χ1v) is 9.12. The normalized spacial score (nSPS) is 14.9. The minimum atomic E-state index is -0.861. The molecular formula is C21H23N3O5. The Labute approximate surface area is 168 Å². The van der Waals surface area contributed by atoms with Crippen molar-refractivity contribution in [3.05, 3.63) is 53.6 Å². The quantitative estimate of drug-likeness (QED) is 0.714. The van der Waals surface area contributed by atoms with E-state index in [9.17, 15) is 14.4 Å². The smallest absolute Gasteiger partial charge is 0.310 e. The van der Waals surface area contributed by atoms with Crippen molar-refractivity contribution in [2.24, 2.45) is 0 Å². The maximum atomic E-state index is 12.4. The Kier molecular flexibility index (Phi) is 6.01. The van der Waals surface area contributed by atoms with Gasteiger partial charge < -0.3 is 25.0 Å². The molecule has 0 spiro atoms. The monoisotopic (exact) mass is 397 g/mol. The van der Waals surface area contributed by atoms with Crippen LogP contribution in [0.2, 0.25) is 0 Å². The number of nitrogens with one attached hydrogen (secondary N) is 2. The molecule has 0 aromatic heterocycles. The number of ether oxygens (including phenoxy) is 2. The van der Waals surface area contributed by atoms with Crippen LogP contribution in [0.15, 0.2) is 42.5 Å². The van der Waals surface area contributed by atoms with Crippen molar-refractivity contribution in [3.8, 4) is 11.5 Å². The van der Waals surface area contributed by atoms with Crippen molar-refractivity contribution in [2.75, 3.05) is 32.7 Å². The molecule has 2 N–H and O–H groups in total. The predicted molar refractivity (Wildman–Crippen MR) is 107 cm³/mol. The second-order valence-corrected chi connectivity index (χ2v) is 6.56. The van der Waals surface area contributed by atoms with E-state index in [1.54, 1.807) is 45.5 Å². The second kappa shape index (κ2) is 8.64. The number of anilines is 1. The highest BCUT2D eigenvalue weighted by Gasteiger charge is 2.36. The van der Waals surface area contributed by atoms with Crippen LogP contribution < -0.4 is 25.0 Å². The van der Waals surface area contributed by atoms with Crippen LogP contribution in [0.5, 0.6) is 11.5 Å². The van der Waals surface area contributed by atoms with Crippen molar-refractivity contribution in [2.45, 2.75) is 12.5 Å². The standard InChI is InChI=1S/C21H23N3O5/c1-24-15-7-5-4-6-14(15)18(21(24)27)23-20(26)19(25)22-11-10-13-8-9-16(28-2)17(12-13)29-3/h4-9,12,18H,10-11H2,1-3H3,(H,22,25)(H,23,26)/t18-/m1/s1. The number of carbonyl (C=O) groups excluding carboxylic acids is 3. The molecule has 0 unspecified atom stereocenters. The van der Waals surface area contributed by atoms with E-state index < -0.39 is 17.9 Å². The summed E-state index contributed by atoms with van der Waals surface area (Å²) in [7, 11) is 4.74. The maximum Gasteiger partial charge on any atom is 0.310 e. The van der Waals surface area contributed by atoms with Gasteiger partial charge in [0, 0.05) is 24.8 Å². The lowest BCUT2D eigenvalue weighted by Gasteiger charge is -2.13. The van der Waals surface area contributed by atoms with E-state index in [4.69, 9.17) is 9.47 Å². The number of benzene rings is 2. The molecule has 0 saturated heterocycles. The fourth-order valence-electron chi connectivity index (χ4n) is 3.26. The van der Waals surface area contributed by atoms with Crippen LogP contribution in [0.4, 0.5) is 5.69 Å². The SMILES string of the molecule is COc1ccc(CCNC(=O)C(=O)N[C@H]2C(=O)N(C)c3ccccc32)cc1OC. The van der Waals surface area contributed by atoms with Gasteiger partial charge in [0.1, 0.15) is 6.04 Å². The second-order valence-electron chi connectivity index (χ2n) is 6.56.